The molecule has 248 valence electrons. The Bertz CT molecular complexity index is 1750. The van der Waals surface area contributed by atoms with E-state index in [1.54, 1.807) is 17.0 Å². The normalized spacial score (nSPS) is 13.1. The first-order valence-electron chi connectivity index (χ1n) is 15.6. The Hall–Kier alpha value is -3.96. The molecule has 3 aromatic carbocycles. The lowest BCUT2D eigenvalue weighted by atomic mass is 10.0. The van der Waals surface area contributed by atoms with Crippen LogP contribution in [0.15, 0.2) is 82.7 Å². The molecule has 0 aliphatic heterocycles. The summed E-state index contributed by atoms with van der Waals surface area (Å²) < 4.78 is 54.4. The third-order valence-electron chi connectivity index (χ3n) is 8.04. The van der Waals surface area contributed by atoms with Crippen molar-refractivity contribution < 1.29 is 22.4 Å². The van der Waals surface area contributed by atoms with E-state index in [1.807, 2.05) is 28.8 Å². The van der Waals surface area contributed by atoms with Gasteiger partial charge in [-0.3, -0.25) is 9.59 Å². The highest BCUT2D eigenvalue weighted by Gasteiger charge is 2.30. The summed E-state index contributed by atoms with van der Waals surface area (Å²) in [6, 6.07) is 18.7. The predicted octanol–water partition coefficient (Wildman–Crippen LogP) is 7.27. The van der Waals surface area contributed by atoms with Crippen molar-refractivity contribution >= 4 is 17.7 Å². The Morgan fingerprint density at radius 2 is 1.53 bits per heavy atom. The first-order chi connectivity index (χ1) is 22.3. The van der Waals surface area contributed by atoms with E-state index in [2.05, 4.69) is 31.1 Å². The van der Waals surface area contributed by atoms with Crippen molar-refractivity contribution in [1.82, 2.24) is 19.8 Å². The van der Waals surface area contributed by atoms with Crippen molar-refractivity contribution in [1.29, 1.82) is 0 Å². The average Bonchev–Trinajstić information content (AvgIpc) is 3.52. The van der Waals surface area contributed by atoms with Gasteiger partial charge in [0.05, 0.1) is 5.56 Å². The molecule has 0 unspecified atom stereocenters. The Balaban J connectivity index is 1.37. The number of hydrogen-bond acceptors (Lipinski definition) is 5. The third kappa shape index (κ3) is 9.10. The van der Waals surface area contributed by atoms with Gasteiger partial charge in [0.15, 0.2) is 5.16 Å². The zero-order valence-corrected chi connectivity index (χ0v) is 27.5. The number of alkyl halides is 3. The first kappa shape index (κ1) is 34.4. The number of nitrogens with one attached hydrogen (secondary N) is 1. The molecule has 0 spiro atoms. The first-order valence-corrected chi connectivity index (χ1v) is 16.5. The molecule has 0 radical (unpaired) electrons. The molecule has 6 nitrogen and oxygen atoms in total. The highest BCUT2D eigenvalue weighted by atomic mass is 32.2. The summed E-state index contributed by atoms with van der Waals surface area (Å²) in [5.74, 6) is 0.00684. The van der Waals surface area contributed by atoms with Crippen LogP contribution in [0.1, 0.15) is 55.1 Å². The van der Waals surface area contributed by atoms with Gasteiger partial charge in [-0.2, -0.15) is 18.2 Å². The van der Waals surface area contributed by atoms with Gasteiger partial charge in [-0.15, -0.1) is 0 Å². The fourth-order valence-corrected chi connectivity index (χ4v) is 6.52. The fraction of sp³-hybridized carbons (Fsp3) is 0.361. The van der Waals surface area contributed by atoms with Crippen molar-refractivity contribution in [3.8, 4) is 11.1 Å². The SMILES string of the molecule is CC(C)(C)NCCN(Cc1ccc(-c2ccc(C(F)(F)F)cc2)cc1)C(=O)Cn1c(SCc2ccc(F)cc2)nc(=O)c2c1CCC2. The summed E-state index contributed by atoms with van der Waals surface area (Å²) in [4.78, 5) is 33.1. The van der Waals surface area contributed by atoms with E-state index >= 15 is 0 Å². The topological polar surface area (TPSA) is 67.2 Å². The maximum absolute atomic E-state index is 14.1. The van der Waals surface area contributed by atoms with Gasteiger partial charge in [-0.1, -0.05) is 60.3 Å². The van der Waals surface area contributed by atoms with Crippen molar-refractivity contribution in [3.05, 3.63) is 117 Å². The minimum atomic E-state index is -4.40. The molecule has 0 saturated carbocycles. The van der Waals surface area contributed by atoms with E-state index in [0.29, 0.717) is 54.5 Å². The van der Waals surface area contributed by atoms with E-state index < -0.39 is 11.7 Å². The maximum atomic E-state index is 14.1. The lowest BCUT2D eigenvalue weighted by molar-refractivity contribution is -0.137. The van der Waals surface area contributed by atoms with Crippen LogP contribution in [0.3, 0.4) is 0 Å². The molecule has 4 aromatic rings. The van der Waals surface area contributed by atoms with Crippen LogP contribution >= 0.6 is 11.8 Å². The standard InChI is InChI=1S/C36H38F4N4O2S/c1-35(2,3)41-19-20-43(21-24-7-11-26(12-8-24)27-13-15-28(16-14-27)36(38,39)40)32(45)22-44-31-6-4-5-30(31)33(46)42-34(44)47-23-25-9-17-29(37)18-10-25/h7-18,41H,4-6,19-23H2,1-3H3. The lowest BCUT2D eigenvalue weighted by Crippen LogP contribution is -2.44. The highest BCUT2D eigenvalue weighted by molar-refractivity contribution is 7.98. The van der Waals surface area contributed by atoms with Crippen LogP contribution < -0.4 is 10.9 Å². The number of carbonyl (C=O) groups excluding carboxylic acids is 1. The summed E-state index contributed by atoms with van der Waals surface area (Å²) in [6.45, 7) is 7.50. The van der Waals surface area contributed by atoms with Crippen LogP contribution in [-0.2, 0) is 42.7 Å². The molecule has 1 amide bonds. The van der Waals surface area contributed by atoms with Gasteiger partial charge in [0.2, 0.25) is 5.91 Å². The van der Waals surface area contributed by atoms with Gasteiger partial charge in [-0.05, 0) is 86.6 Å². The second-order valence-corrected chi connectivity index (χ2v) is 13.7. The Morgan fingerprint density at radius 3 is 2.15 bits per heavy atom. The van der Waals surface area contributed by atoms with Crippen molar-refractivity contribution in [3.63, 3.8) is 0 Å². The molecule has 1 aromatic heterocycles. The van der Waals surface area contributed by atoms with E-state index in [9.17, 15) is 27.2 Å². The second-order valence-electron chi connectivity index (χ2n) is 12.7. The zero-order chi connectivity index (χ0) is 33.8. The molecule has 11 heteroatoms. The van der Waals surface area contributed by atoms with Gasteiger partial charge in [0, 0.05) is 42.2 Å². The Morgan fingerprint density at radius 1 is 0.915 bits per heavy atom. The van der Waals surface area contributed by atoms with Gasteiger partial charge in [0.1, 0.15) is 12.4 Å². The Labute approximate surface area is 276 Å². The van der Waals surface area contributed by atoms with Gasteiger partial charge < -0.3 is 14.8 Å². The third-order valence-corrected chi connectivity index (χ3v) is 9.09. The van der Waals surface area contributed by atoms with Crippen LogP contribution in [-0.4, -0.2) is 39.0 Å². The molecule has 1 heterocycles. The van der Waals surface area contributed by atoms with E-state index in [0.717, 1.165) is 40.9 Å². The molecule has 0 bridgehead atoms. The molecule has 5 rings (SSSR count). The number of benzene rings is 3. The van der Waals surface area contributed by atoms with Crippen molar-refractivity contribution in [2.45, 2.75) is 75.7 Å². The monoisotopic (exact) mass is 666 g/mol. The molecular weight excluding hydrogens is 628 g/mol. The predicted molar refractivity (Wildman–Crippen MR) is 177 cm³/mol. The number of hydrogen-bond donors (Lipinski definition) is 1. The summed E-state index contributed by atoms with van der Waals surface area (Å²) in [7, 11) is 0. The molecule has 0 atom stereocenters. The maximum Gasteiger partial charge on any atom is 0.416 e. The molecule has 47 heavy (non-hydrogen) atoms. The van der Waals surface area contributed by atoms with Crippen molar-refractivity contribution in [2.75, 3.05) is 13.1 Å². The summed E-state index contributed by atoms with van der Waals surface area (Å²) in [5, 5.41) is 3.90. The number of carbonyl (C=O) groups is 1. The van der Waals surface area contributed by atoms with E-state index in [1.165, 1.54) is 36.0 Å². The highest BCUT2D eigenvalue weighted by Crippen LogP contribution is 2.31. The van der Waals surface area contributed by atoms with E-state index in [4.69, 9.17) is 0 Å². The fourth-order valence-electron chi connectivity index (χ4n) is 5.56. The number of amides is 1. The molecule has 1 N–H and O–H groups in total. The summed E-state index contributed by atoms with van der Waals surface area (Å²) in [5.41, 5.74) is 3.57. The summed E-state index contributed by atoms with van der Waals surface area (Å²) in [6.07, 6.45) is -2.27. The number of rotatable bonds is 11. The van der Waals surface area contributed by atoms with Gasteiger partial charge in [-0.25, -0.2) is 4.39 Å². The van der Waals surface area contributed by atoms with Crippen LogP contribution in [0.5, 0.6) is 0 Å². The molecule has 1 aliphatic rings. The van der Waals surface area contributed by atoms with Gasteiger partial charge >= 0.3 is 6.18 Å². The van der Waals surface area contributed by atoms with Crippen LogP contribution in [0.4, 0.5) is 17.6 Å². The second kappa shape index (κ2) is 14.4. The quantitative estimate of drug-likeness (QED) is 0.104. The summed E-state index contributed by atoms with van der Waals surface area (Å²) >= 11 is 1.35. The van der Waals surface area contributed by atoms with Gasteiger partial charge in [0.25, 0.3) is 5.56 Å². The number of fused-ring (bicyclic) bond motifs is 1. The smallest absolute Gasteiger partial charge is 0.336 e. The minimum Gasteiger partial charge on any atom is -0.336 e. The van der Waals surface area contributed by atoms with Crippen LogP contribution in [0.25, 0.3) is 11.1 Å². The lowest BCUT2D eigenvalue weighted by Gasteiger charge is -2.28. The molecule has 0 saturated heterocycles. The number of thioether (sulfide) groups is 1. The average molecular weight is 667 g/mol. The largest absolute Gasteiger partial charge is 0.416 e. The number of nitrogens with zero attached hydrogens (tertiary/aromatic N) is 3. The number of halogens is 4. The molecular formula is C36H38F4N4O2S. The molecule has 0 fully saturated rings. The van der Waals surface area contributed by atoms with E-state index in [-0.39, 0.29) is 29.4 Å². The number of aromatic nitrogens is 2. The van der Waals surface area contributed by atoms with Crippen LogP contribution in [0, 0.1) is 5.82 Å². The molecule has 1 aliphatic carbocycles. The zero-order valence-electron chi connectivity index (χ0n) is 26.7. The van der Waals surface area contributed by atoms with Crippen LogP contribution in [0.2, 0.25) is 0 Å². The minimum absolute atomic E-state index is 0.0144. The van der Waals surface area contributed by atoms with Crippen molar-refractivity contribution in [2.24, 2.45) is 0 Å². The Kier molecular flexibility index (Phi) is 10.6.